The first kappa shape index (κ1) is 17.7. The third-order valence-electron chi connectivity index (χ3n) is 6.11. The molecule has 4 heterocycles. The molecule has 1 aromatic carbocycles. The number of hydrogen-bond acceptors (Lipinski definition) is 7. The van der Waals surface area contributed by atoms with Crippen LogP contribution < -0.4 is 10.5 Å². The number of amides is 1. The van der Waals surface area contributed by atoms with Crippen molar-refractivity contribution in [3.63, 3.8) is 0 Å². The Morgan fingerprint density at radius 1 is 1.24 bits per heavy atom. The lowest BCUT2D eigenvalue weighted by Crippen LogP contribution is -2.45. The lowest BCUT2D eigenvalue weighted by Gasteiger charge is -2.36. The average molecular weight is 395 g/mol. The number of ether oxygens (including phenoxy) is 2. The lowest BCUT2D eigenvalue weighted by atomic mass is 9.77. The number of piperidine rings is 1. The van der Waals surface area contributed by atoms with Gasteiger partial charge < -0.3 is 20.1 Å². The summed E-state index contributed by atoms with van der Waals surface area (Å²) in [5.41, 5.74) is 7.16. The molecule has 2 aliphatic heterocycles. The van der Waals surface area contributed by atoms with Crippen LogP contribution >= 0.6 is 0 Å². The Kier molecular flexibility index (Phi) is 3.87. The second-order valence-electron chi connectivity index (χ2n) is 7.60. The van der Waals surface area contributed by atoms with E-state index in [1.54, 1.807) is 28.7 Å². The molecule has 0 radical (unpaired) electrons. The number of nitrogen functional groups attached to an aromatic ring is 1. The van der Waals surface area contributed by atoms with Gasteiger partial charge >= 0.3 is 5.97 Å². The van der Waals surface area contributed by atoms with Crippen LogP contribution in [0.3, 0.4) is 0 Å². The fraction of sp³-hybridized carbons (Fsp3) is 0.400. The molecule has 5 rings (SSSR count). The number of nitrogens with zero attached hydrogens (tertiary/aromatic N) is 4. The van der Waals surface area contributed by atoms with Gasteiger partial charge in [-0.05, 0) is 31.4 Å². The molecule has 1 spiro atoms. The van der Waals surface area contributed by atoms with E-state index in [9.17, 15) is 9.59 Å². The Balaban J connectivity index is 1.48. The van der Waals surface area contributed by atoms with Crippen molar-refractivity contribution in [1.29, 1.82) is 0 Å². The number of nitrogens with two attached hydrogens (primary N) is 1. The summed E-state index contributed by atoms with van der Waals surface area (Å²) in [5.74, 6) is 0.522. The van der Waals surface area contributed by atoms with Crippen LogP contribution in [0.4, 0.5) is 5.95 Å². The Morgan fingerprint density at radius 3 is 2.72 bits per heavy atom. The van der Waals surface area contributed by atoms with Crippen LogP contribution in [0.2, 0.25) is 0 Å². The molecule has 0 unspecified atom stereocenters. The lowest BCUT2D eigenvalue weighted by molar-refractivity contribution is -0.148. The fourth-order valence-corrected chi connectivity index (χ4v) is 4.35. The van der Waals surface area contributed by atoms with Gasteiger partial charge in [-0.25, -0.2) is 9.97 Å². The summed E-state index contributed by atoms with van der Waals surface area (Å²) in [6.07, 6.45) is 3.59. The molecule has 9 nitrogen and oxygen atoms in total. The van der Waals surface area contributed by atoms with Crippen LogP contribution in [-0.2, 0) is 9.53 Å². The van der Waals surface area contributed by atoms with Gasteiger partial charge in [-0.3, -0.25) is 14.0 Å². The number of aromatic nitrogens is 3. The molecule has 0 saturated carbocycles. The first-order valence-corrected chi connectivity index (χ1v) is 9.60. The van der Waals surface area contributed by atoms with Gasteiger partial charge in [0.05, 0.1) is 19.1 Å². The maximum Gasteiger partial charge on any atom is 0.312 e. The molecule has 2 aliphatic rings. The van der Waals surface area contributed by atoms with Gasteiger partial charge in [0, 0.05) is 24.7 Å². The van der Waals surface area contributed by atoms with Gasteiger partial charge in [-0.1, -0.05) is 6.07 Å². The molecule has 0 bridgehead atoms. The van der Waals surface area contributed by atoms with Gasteiger partial charge in [0.2, 0.25) is 5.95 Å². The monoisotopic (exact) mass is 395 g/mol. The van der Waals surface area contributed by atoms with Crippen LogP contribution in [0.15, 0.2) is 24.4 Å². The van der Waals surface area contributed by atoms with E-state index in [0.717, 1.165) is 11.8 Å². The summed E-state index contributed by atoms with van der Waals surface area (Å²) in [6, 6.07) is 5.52. The zero-order valence-electron chi connectivity index (χ0n) is 16.1. The second-order valence-corrected chi connectivity index (χ2v) is 7.60. The third kappa shape index (κ3) is 2.60. The highest BCUT2D eigenvalue weighted by Crippen LogP contribution is 2.40. The molecular formula is C20H21N5O4. The number of imidazole rings is 1. The van der Waals surface area contributed by atoms with Crippen molar-refractivity contribution >= 4 is 34.4 Å². The highest BCUT2D eigenvalue weighted by Gasteiger charge is 2.47. The normalized spacial score (nSPS) is 18.5. The highest BCUT2D eigenvalue weighted by molar-refractivity contribution is 5.99. The van der Waals surface area contributed by atoms with E-state index in [1.807, 2.05) is 12.1 Å². The number of hydrogen-bond donors (Lipinski definition) is 1. The summed E-state index contributed by atoms with van der Waals surface area (Å²) in [6.45, 7) is 1.48. The van der Waals surface area contributed by atoms with Crippen LogP contribution in [0.1, 0.15) is 29.8 Å². The van der Waals surface area contributed by atoms with Crippen molar-refractivity contribution in [2.45, 2.75) is 19.3 Å². The molecule has 2 saturated heterocycles. The van der Waals surface area contributed by atoms with E-state index >= 15 is 0 Å². The highest BCUT2D eigenvalue weighted by atomic mass is 16.5. The van der Waals surface area contributed by atoms with Crippen LogP contribution in [0, 0.1) is 5.41 Å². The van der Waals surface area contributed by atoms with Crippen molar-refractivity contribution < 1.29 is 19.1 Å². The smallest absolute Gasteiger partial charge is 0.312 e. The van der Waals surface area contributed by atoms with Crippen LogP contribution in [-0.4, -0.2) is 58.0 Å². The summed E-state index contributed by atoms with van der Waals surface area (Å²) in [7, 11) is 1.57. The maximum absolute atomic E-state index is 13.1. The van der Waals surface area contributed by atoms with Crippen molar-refractivity contribution in [1.82, 2.24) is 19.3 Å². The number of esters is 1. The number of fused-ring (bicyclic) bond motifs is 3. The summed E-state index contributed by atoms with van der Waals surface area (Å²) >= 11 is 0. The number of para-hydroxylation sites is 1. The number of benzene rings is 1. The molecule has 29 heavy (non-hydrogen) atoms. The Morgan fingerprint density at radius 2 is 2.03 bits per heavy atom. The van der Waals surface area contributed by atoms with Crippen LogP contribution in [0.25, 0.3) is 16.6 Å². The van der Waals surface area contributed by atoms with Crippen molar-refractivity contribution in [3.8, 4) is 5.75 Å². The van der Waals surface area contributed by atoms with E-state index in [0.29, 0.717) is 55.1 Å². The van der Waals surface area contributed by atoms with Crippen molar-refractivity contribution in [2.24, 2.45) is 5.41 Å². The van der Waals surface area contributed by atoms with E-state index in [4.69, 9.17) is 15.2 Å². The minimum atomic E-state index is -0.420. The number of carbonyl (C=O) groups excluding carboxylic acids is 2. The number of cyclic esters (lactones) is 1. The molecular weight excluding hydrogens is 374 g/mol. The van der Waals surface area contributed by atoms with Gasteiger partial charge in [0.1, 0.15) is 22.6 Å². The molecule has 2 fully saturated rings. The van der Waals surface area contributed by atoms with Crippen molar-refractivity contribution in [3.05, 3.63) is 30.1 Å². The standard InChI is InChI=1S/C20H21N5O4/c1-28-14-4-2-3-12-15(14)23-19(21)25-11-13(22-16(12)25)17(26)24-8-5-20(6-9-24)7-10-29-18(20)27/h2-4,11H,5-10H2,1H3,(H2,21,23). The predicted molar refractivity (Wildman–Crippen MR) is 105 cm³/mol. The number of methoxy groups -OCH3 is 1. The average Bonchev–Trinajstić information content (AvgIpc) is 3.33. The van der Waals surface area contributed by atoms with E-state index < -0.39 is 5.41 Å². The van der Waals surface area contributed by atoms with E-state index in [2.05, 4.69) is 9.97 Å². The summed E-state index contributed by atoms with van der Waals surface area (Å²) < 4.78 is 12.1. The molecule has 3 aromatic rings. The minimum absolute atomic E-state index is 0.128. The molecule has 0 aliphatic carbocycles. The second kappa shape index (κ2) is 6.33. The number of likely N-dealkylation sites (tertiary alicyclic amines) is 1. The zero-order chi connectivity index (χ0) is 20.2. The quantitative estimate of drug-likeness (QED) is 0.657. The largest absolute Gasteiger partial charge is 0.494 e. The molecule has 2 N–H and O–H groups in total. The molecule has 9 heteroatoms. The van der Waals surface area contributed by atoms with Gasteiger partial charge in [0.15, 0.2) is 0 Å². The SMILES string of the molecule is COc1cccc2c1nc(N)n1cc(C(=O)N3CCC4(CCOC4=O)CC3)nc21. The summed E-state index contributed by atoms with van der Waals surface area (Å²) in [4.78, 5) is 35.8. The number of rotatable bonds is 2. The number of anilines is 1. The maximum atomic E-state index is 13.1. The molecule has 2 aromatic heterocycles. The minimum Gasteiger partial charge on any atom is -0.494 e. The van der Waals surface area contributed by atoms with Gasteiger partial charge in [-0.2, -0.15) is 0 Å². The molecule has 150 valence electrons. The van der Waals surface area contributed by atoms with Crippen LogP contribution in [0.5, 0.6) is 5.75 Å². The van der Waals surface area contributed by atoms with Crippen molar-refractivity contribution in [2.75, 3.05) is 32.5 Å². The van der Waals surface area contributed by atoms with Gasteiger partial charge in [-0.15, -0.1) is 0 Å². The van der Waals surface area contributed by atoms with Gasteiger partial charge in [0.25, 0.3) is 5.91 Å². The molecule has 0 atom stereocenters. The zero-order valence-corrected chi connectivity index (χ0v) is 16.1. The molecule has 1 amide bonds. The first-order valence-electron chi connectivity index (χ1n) is 9.60. The fourth-order valence-electron chi connectivity index (χ4n) is 4.35. The Bertz CT molecular complexity index is 1150. The predicted octanol–water partition coefficient (Wildman–Crippen LogP) is 1.64. The third-order valence-corrected chi connectivity index (χ3v) is 6.11. The van der Waals surface area contributed by atoms with E-state index in [-0.39, 0.29) is 17.8 Å². The number of carbonyl (C=O) groups is 2. The first-order chi connectivity index (χ1) is 14.0. The Hall–Kier alpha value is -3.36. The topological polar surface area (TPSA) is 112 Å². The Labute approximate surface area is 166 Å². The van der Waals surface area contributed by atoms with E-state index in [1.165, 1.54) is 0 Å². The summed E-state index contributed by atoms with van der Waals surface area (Å²) in [5, 5.41) is 0.754.